The number of nitrogens with two attached hydrogens (primary N) is 1. The lowest BCUT2D eigenvalue weighted by atomic mass is 10.0. The maximum absolute atomic E-state index is 12.4. The van der Waals surface area contributed by atoms with Crippen LogP contribution in [-0.4, -0.2) is 35.4 Å². The average molecular weight is 271 g/mol. The van der Waals surface area contributed by atoms with Gasteiger partial charge in [-0.05, 0) is 16.8 Å². The molecule has 0 spiro atoms. The molecule has 0 aromatic heterocycles. The zero-order valence-corrected chi connectivity index (χ0v) is 11.3. The third-order valence-corrected chi connectivity index (χ3v) is 3.20. The zero-order chi connectivity index (χ0) is 14.5. The highest BCUT2D eigenvalue weighted by molar-refractivity contribution is 6.07. The lowest BCUT2D eigenvalue weighted by Crippen LogP contribution is -2.30. The molecule has 0 radical (unpaired) electrons. The number of rotatable bonds is 4. The van der Waals surface area contributed by atoms with Gasteiger partial charge in [0, 0.05) is 25.6 Å². The summed E-state index contributed by atoms with van der Waals surface area (Å²) in [7, 11) is 1.70. The zero-order valence-electron chi connectivity index (χ0n) is 11.3. The van der Waals surface area contributed by atoms with Gasteiger partial charge in [0.15, 0.2) is 0 Å². The van der Waals surface area contributed by atoms with Crippen molar-refractivity contribution < 1.29 is 10.0 Å². The summed E-state index contributed by atoms with van der Waals surface area (Å²) >= 11 is 0. The van der Waals surface area contributed by atoms with Crippen molar-refractivity contribution in [2.45, 2.75) is 6.42 Å². The third kappa shape index (κ3) is 2.88. The number of hydrogen-bond acceptors (Lipinski definition) is 3. The van der Waals surface area contributed by atoms with Crippen LogP contribution in [0.15, 0.2) is 47.6 Å². The van der Waals surface area contributed by atoms with Crippen LogP contribution >= 0.6 is 0 Å². The minimum atomic E-state index is -0.0764. The van der Waals surface area contributed by atoms with Crippen molar-refractivity contribution in [3.63, 3.8) is 0 Å². The van der Waals surface area contributed by atoms with Gasteiger partial charge in [-0.3, -0.25) is 4.79 Å². The number of carbonyl (C=O) groups excluding carboxylic acids is 1. The van der Waals surface area contributed by atoms with Gasteiger partial charge in [0.1, 0.15) is 5.84 Å². The number of carbonyl (C=O) groups is 1. The molecule has 0 unspecified atom stereocenters. The fourth-order valence-corrected chi connectivity index (χ4v) is 2.05. The Kier molecular flexibility index (Phi) is 4.20. The smallest absolute Gasteiger partial charge is 0.254 e. The summed E-state index contributed by atoms with van der Waals surface area (Å²) in [5, 5.41) is 13.4. The Labute approximate surface area is 117 Å². The lowest BCUT2D eigenvalue weighted by molar-refractivity contribution is 0.0800. The van der Waals surface area contributed by atoms with Crippen LogP contribution in [-0.2, 0) is 0 Å². The van der Waals surface area contributed by atoms with Crippen LogP contribution in [0.3, 0.4) is 0 Å². The number of oxime groups is 1. The molecule has 2 rings (SSSR count). The molecular formula is C15H17N3O2. The van der Waals surface area contributed by atoms with Crippen LogP contribution in [0.4, 0.5) is 0 Å². The maximum atomic E-state index is 12.4. The first-order chi connectivity index (χ1) is 9.63. The van der Waals surface area contributed by atoms with E-state index >= 15 is 0 Å². The molecule has 3 N–H and O–H groups in total. The summed E-state index contributed by atoms with van der Waals surface area (Å²) in [6, 6.07) is 13.4. The molecule has 0 saturated carbocycles. The fourth-order valence-electron chi connectivity index (χ4n) is 2.05. The Morgan fingerprint density at radius 2 is 1.95 bits per heavy atom. The van der Waals surface area contributed by atoms with E-state index in [0.717, 1.165) is 10.8 Å². The fraction of sp³-hybridized carbons (Fsp3) is 0.200. The van der Waals surface area contributed by atoms with E-state index < -0.39 is 0 Å². The van der Waals surface area contributed by atoms with E-state index in [1.807, 2.05) is 42.5 Å². The van der Waals surface area contributed by atoms with Crippen LogP contribution in [0.1, 0.15) is 16.8 Å². The number of benzene rings is 2. The van der Waals surface area contributed by atoms with E-state index in [2.05, 4.69) is 5.16 Å². The second-order valence-electron chi connectivity index (χ2n) is 4.59. The normalized spacial score (nSPS) is 11.6. The summed E-state index contributed by atoms with van der Waals surface area (Å²) in [5.74, 6) is 0.0371. The molecule has 0 aliphatic carbocycles. The van der Waals surface area contributed by atoms with Crippen LogP contribution in [0, 0.1) is 0 Å². The minimum Gasteiger partial charge on any atom is -0.409 e. The number of hydrogen-bond donors (Lipinski definition) is 2. The molecule has 0 aliphatic rings. The molecule has 20 heavy (non-hydrogen) atoms. The van der Waals surface area contributed by atoms with Gasteiger partial charge in [0.05, 0.1) is 0 Å². The number of amidine groups is 1. The van der Waals surface area contributed by atoms with E-state index in [0.29, 0.717) is 18.5 Å². The van der Waals surface area contributed by atoms with Crippen molar-refractivity contribution in [1.82, 2.24) is 4.90 Å². The average Bonchev–Trinajstić information content (AvgIpc) is 2.50. The Morgan fingerprint density at radius 1 is 1.25 bits per heavy atom. The van der Waals surface area contributed by atoms with Gasteiger partial charge in [0.2, 0.25) is 0 Å². The Bertz CT molecular complexity index is 647. The second-order valence-corrected chi connectivity index (χ2v) is 4.59. The second kappa shape index (κ2) is 6.06. The van der Waals surface area contributed by atoms with E-state index in [4.69, 9.17) is 10.9 Å². The Morgan fingerprint density at radius 3 is 2.70 bits per heavy atom. The first-order valence-corrected chi connectivity index (χ1v) is 6.33. The SMILES string of the molecule is CN(CC/C(N)=N/O)C(=O)c1cccc2ccccc12. The Hall–Kier alpha value is -2.56. The molecule has 0 bridgehead atoms. The summed E-state index contributed by atoms with van der Waals surface area (Å²) in [4.78, 5) is 14.0. The highest BCUT2D eigenvalue weighted by atomic mass is 16.4. The molecule has 5 heteroatoms. The van der Waals surface area contributed by atoms with Gasteiger partial charge in [-0.25, -0.2) is 0 Å². The van der Waals surface area contributed by atoms with Crippen LogP contribution in [0.5, 0.6) is 0 Å². The molecule has 2 aromatic rings. The Balaban J connectivity index is 2.23. The van der Waals surface area contributed by atoms with Gasteiger partial charge in [-0.2, -0.15) is 0 Å². The summed E-state index contributed by atoms with van der Waals surface area (Å²) in [6.45, 7) is 0.401. The van der Waals surface area contributed by atoms with E-state index in [1.165, 1.54) is 0 Å². The predicted molar refractivity (Wildman–Crippen MR) is 78.9 cm³/mol. The quantitative estimate of drug-likeness (QED) is 0.386. The monoisotopic (exact) mass is 271 g/mol. The first-order valence-electron chi connectivity index (χ1n) is 6.33. The van der Waals surface area contributed by atoms with Gasteiger partial charge in [-0.1, -0.05) is 41.6 Å². The highest BCUT2D eigenvalue weighted by Crippen LogP contribution is 2.19. The van der Waals surface area contributed by atoms with Gasteiger partial charge in [0.25, 0.3) is 5.91 Å². The standard InChI is InChI=1S/C15H17N3O2/c1-18(10-9-14(16)17-20)15(19)13-8-4-6-11-5-2-3-7-12(11)13/h2-8,20H,9-10H2,1H3,(H2,16,17). The minimum absolute atomic E-state index is 0.0764. The van der Waals surface area contributed by atoms with Crippen LogP contribution in [0.25, 0.3) is 10.8 Å². The number of amides is 1. The van der Waals surface area contributed by atoms with Gasteiger partial charge in [-0.15, -0.1) is 0 Å². The number of fused-ring (bicyclic) bond motifs is 1. The summed E-state index contributed by atoms with van der Waals surface area (Å²) in [6.07, 6.45) is 0.337. The van der Waals surface area contributed by atoms with Crippen molar-refractivity contribution in [1.29, 1.82) is 0 Å². The molecular weight excluding hydrogens is 254 g/mol. The van der Waals surface area contributed by atoms with Crippen LogP contribution in [0.2, 0.25) is 0 Å². The topological polar surface area (TPSA) is 78.9 Å². The number of nitrogens with zero attached hydrogens (tertiary/aromatic N) is 2. The van der Waals surface area contributed by atoms with Crippen LogP contribution < -0.4 is 5.73 Å². The largest absolute Gasteiger partial charge is 0.409 e. The van der Waals surface area contributed by atoms with Gasteiger partial charge >= 0.3 is 0 Å². The van der Waals surface area contributed by atoms with E-state index in [1.54, 1.807) is 11.9 Å². The molecule has 104 valence electrons. The molecule has 0 fully saturated rings. The first kappa shape index (κ1) is 13.9. The summed E-state index contributed by atoms with van der Waals surface area (Å²) in [5.41, 5.74) is 6.07. The molecule has 0 heterocycles. The van der Waals surface area contributed by atoms with Gasteiger partial charge < -0.3 is 15.8 Å². The third-order valence-electron chi connectivity index (χ3n) is 3.20. The van der Waals surface area contributed by atoms with E-state index in [9.17, 15) is 4.79 Å². The molecule has 0 atom stereocenters. The van der Waals surface area contributed by atoms with Crippen molar-refractivity contribution in [3.8, 4) is 0 Å². The molecule has 5 nitrogen and oxygen atoms in total. The van der Waals surface area contributed by atoms with Crippen molar-refractivity contribution in [3.05, 3.63) is 48.0 Å². The van der Waals surface area contributed by atoms with E-state index in [-0.39, 0.29) is 11.7 Å². The highest BCUT2D eigenvalue weighted by Gasteiger charge is 2.14. The predicted octanol–water partition coefficient (Wildman–Crippen LogP) is 2.05. The lowest BCUT2D eigenvalue weighted by Gasteiger charge is -2.17. The molecule has 0 saturated heterocycles. The van der Waals surface area contributed by atoms with Crippen molar-refractivity contribution in [2.24, 2.45) is 10.9 Å². The summed E-state index contributed by atoms with van der Waals surface area (Å²) < 4.78 is 0. The van der Waals surface area contributed by atoms with Crippen molar-refractivity contribution in [2.75, 3.05) is 13.6 Å². The molecule has 0 aliphatic heterocycles. The molecule has 2 aromatic carbocycles. The van der Waals surface area contributed by atoms with Crippen molar-refractivity contribution >= 4 is 22.5 Å². The maximum Gasteiger partial charge on any atom is 0.254 e. The molecule has 1 amide bonds.